The molecular formula is C9H14N2O2. The molecule has 1 aromatic rings. The Morgan fingerprint density at radius 3 is 2.85 bits per heavy atom. The third kappa shape index (κ3) is 1.67. The highest BCUT2D eigenvalue weighted by molar-refractivity contribution is 5.06. The third-order valence-corrected chi connectivity index (χ3v) is 2.73. The molecule has 4 heteroatoms. The predicted octanol–water partition coefficient (Wildman–Crippen LogP) is 0.953. The lowest BCUT2D eigenvalue weighted by molar-refractivity contribution is 0.296. The number of hydrogen-bond donors (Lipinski definition) is 2. The van der Waals surface area contributed by atoms with Crippen molar-refractivity contribution in [3.05, 3.63) is 22.2 Å². The van der Waals surface area contributed by atoms with Crippen LogP contribution in [-0.4, -0.2) is 11.2 Å². The Bertz CT molecular complexity index is 328. The molecule has 3 N–H and O–H groups in total. The molecule has 2 rings (SSSR count). The standard InChI is InChI=1S/C9H14N2O2/c10-7-4-2-1-3-6(7)8-5-9(12)11-13-8/h5-7H,1-4,10H2,(H,11,12). The van der Waals surface area contributed by atoms with E-state index in [-0.39, 0.29) is 17.5 Å². The number of H-pyrrole nitrogens is 1. The van der Waals surface area contributed by atoms with Gasteiger partial charge in [-0.1, -0.05) is 12.8 Å². The summed E-state index contributed by atoms with van der Waals surface area (Å²) in [7, 11) is 0. The van der Waals surface area contributed by atoms with Crippen molar-refractivity contribution in [2.45, 2.75) is 37.6 Å². The number of hydrogen-bond acceptors (Lipinski definition) is 3. The smallest absolute Gasteiger partial charge is 0.280 e. The van der Waals surface area contributed by atoms with Crippen LogP contribution in [0.1, 0.15) is 37.4 Å². The van der Waals surface area contributed by atoms with Crippen molar-refractivity contribution in [3.8, 4) is 0 Å². The van der Waals surface area contributed by atoms with Crippen molar-refractivity contribution in [1.82, 2.24) is 5.16 Å². The topological polar surface area (TPSA) is 72.0 Å². The number of rotatable bonds is 1. The van der Waals surface area contributed by atoms with Crippen LogP contribution in [0.4, 0.5) is 0 Å². The van der Waals surface area contributed by atoms with Crippen molar-refractivity contribution < 1.29 is 4.52 Å². The van der Waals surface area contributed by atoms with E-state index in [1.54, 1.807) is 0 Å². The van der Waals surface area contributed by atoms with Crippen LogP contribution in [0.15, 0.2) is 15.4 Å². The van der Waals surface area contributed by atoms with Crippen molar-refractivity contribution in [1.29, 1.82) is 0 Å². The van der Waals surface area contributed by atoms with Crippen molar-refractivity contribution in [2.24, 2.45) is 5.73 Å². The molecule has 0 saturated heterocycles. The first-order valence-electron chi connectivity index (χ1n) is 4.71. The predicted molar refractivity (Wildman–Crippen MR) is 48.5 cm³/mol. The maximum absolute atomic E-state index is 10.8. The molecule has 0 aliphatic heterocycles. The van der Waals surface area contributed by atoms with Gasteiger partial charge in [-0.05, 0) is 12.8 Å². The first-order chi connectivity index (χ1) is 6.27. The second-order valence-corrected chi connectivity index (χ2v) is 3.67. The molecule has 13 heavy (non-hydrogen) atoms. The summed E-state index contributed by atoms with van der Waals surface area (Å²) in [5.41, 5.74) is 5.77. The fourth-order valence-electron chi connectivity index (χ4n) is 1.99. The van der Waals surface area contributed by atoms with Gasteiger partial charge in [0.05, 0.1) is 0 Å². The van der Waals surface area contributed by atoms with Crippen LogP contribution in [0.25, 0.3) is 0 Å². The third-order valence-electron chi connectivity index (χ3n) is 2.73. The molecule has 1 saturated carbocycles. The van der Waals surface area contributed by atoms with Gasteiger partial charge in [0.2, 0.25) is 0 Å². The van der Waals surface area contributed by atoms with Crippen molar-refractivity contribution in [2.75, 3.05) is 0 Å². The molecule has 1 aromatic heterocycles. The highest BCUT2D eigenvalue weighted by Crippen LogP contribution is 2.30. The lowest BCUT2D eigenvalue weighted by Crippen LogP contribution is -2.31. The van der Waals surface area contributed by atoms with E-state index in [9.17, 15) is 4.79 Å². The summed E-state index contributed by atoms with van der Waals surface area (Å²) in [6.45, 7) is 0. The fourth-order valence-corrected chi connectivity index (χ4v) is 1.99. The molecule has 0 spiro atoms. The molecule has 1 fully saturated rings. The van der Waals surface area contributed by atoms with E-state index < -0.39 is 0 Å². The van der Waals surface area contributed by atoms with Crippen molar-refractivity contribution >= 4 is 0 Å². The second kappa shape index (κ2) is 3.38. The van der Waals surface area contributed by atoms with E-state index in [1.165, 1.54) is 18.9 Å². The number of nitrogens with one attached hydrogen (secondary N) is 1. The molecule has 0 radical (unpaired) electrons. The summed E-state index contributed by atoms with van der Waals surface area (Å²) in [5, 5.41) is 2.30. The second-order valence-electron chi connectivity index (χ2n) is 3.67. The quantitative estimate of drug-likeness (QED) is 0.679. The first-order valence-corrected chi connectivity index (χ1v) is 4.71. The molecule has 1 aliphatic rings. The molecule has 0 aromatic carbocycles. The maximum atomic E-state index is 10.8. The van der Waals surface area contributed by atoms with Crippen LogP contribution in [0, 0.1) is 0 Å². The highest BCUT2D eigenvalue weighted by atomic mass is 16.5. The average molecular weight is 182 g/mol. The normalized spacial score (nSPS) is 29.0. The summed E-state index contributed by atoms with van der Waals surface area (Å²) in [4.78, 5) is 10.8. The van der Waals surface area contributed by atoms with Gasteiger partial charge in [0.15, 0.2) is 0 Å². The SMILES string of the molecule is NC1CCCCC1c1cc(=O)[nH]o1. The zero-order chi connectivity index (χ0) is 9.26. The molecule has 2 atom stereocenters. The number of aromatic amines is 1. The van der Waals surface area contributed by atoms with Gasteiger partial charge in [-0.25, -0.2) is 0 Å². The molecule has 2 unspecified atom stereocenters. The van der Waals surface area contributed by atoms with E-state index in [1.807, 2.05) is 0 Å². The number of nitrogens with two attached hydrogens (primary N) is 1. The van der Waals surface area contributed by atoms with E-state index in [4.69, 9.17) is 10.3 Å². The van der Waals surface area contributed by atoms with Gasteiger partial charge in [-0.15, -0.1) is 0 Å². The van der Waals surface area contributed by atoms with Gasteiger partial charge in [0, 0.05) is 18.0 Å². The minimum Gasteiger partial charge on any atom is -0.383 e. The zero-order valence-electron chi connectivity index (χ0n) is 7.45. The Balaban J connectivity index is 2.19. The molecule has 72 valence electrons. The Kier molecular flexibility index (Phi) is 2.22. The molecule has 0 bridgehead atoms. The van der Waals surface area contributed by atoms with Crippen LogP contribution < -0.4 is 11.3 Å². The molecule has 1 heterocycles. The first kappa shape index (κ1) is 8.56. The van der Waals surface area contributed by atoms with Gasteiger partial charge in [-0.2, -0.15) is 5.16 Å². The minimum absolute atomic E-state index is 0.146. The summed E-state index contributed by atoms with van der Waals surface area (Å²) in [5.74, 6) is 0.949. The maximum Gasteiger partial charge on any atom is 0.280 e. The van der Waals surface area contributed by atoms with Gasteiger partial charge < -0.3 is 10.3 Å². The molecule has 4 nitrogen and oxygen atoms in total. The van der Waals surface area contributed by atoms with Crippen LogP contribution in [0.5, 0.6) is 0 Å². The van der Waals surface area contributed by atoms with Crippen LogP contribution >= 0.6 is 0 Å². The lowest BCUT2D eigenvalue weighted by atomic mass is 9.83. The largest absolute Gasteiger partial charge is 0.383 e. The van der Waals surface area contributed by atoms with E-state index in [0.29, 0.717) is 0 Å². The van der Waals surface area contributed by atoms with Gasteiger partial charge in [-0.3, -0.25) is 4.79 Å². The molecular weight excluding hydrogens is 168 g/mol. The molecule has 0 amide bonds. The van der Waals surface area contributed by atoms with Gasteiger partial charge >= 0.3 is 0 Å². The van der Waals surface area contributed by atoms with E-state index in [2.05, 4.69) is 5.16 Å². The zero-order valence-corrected chi connectivity index (χ0v) is 7.45. The average Bonchev–Trinajstić information content (AvgIpc) is 2.53. The van der Waals surface area contributed by atoms with Gasteiger partial charge in [0.25, 0.3) is 5.56 Å². The summed E-state index contributed by atoms with van der Waals surface area (Å²) in [6, 6.07) is 1.66. The summed E-state index contributed by atoms with van der Waals surface area (Å²) < 4.78 is 5.06. The molecule has 1 aliphatic carbocycles. The van der Waals surface area contributed by atoms with Crippen LogP contribution in [0.3, 0.4) is 0 Å². The lowest BCUT2D eigenvalue weighted by Gasteiger charge is -2.25. The Hall–Kier alpha value is -1.03. The fraction of sp³-hybridized carbons (Fsp3) is 0.667. The van der Waals surface area contributed by atoms with Crippen molar-refractivity contribution in [3.63, 3.8) is 0 Å². The van der Waals surface area contributed by atoms with Crippen LogP contribution in [0.2, 0.25) is 0 Å². The Morgan fingerprint density at radius 1 is 1.46 bits per heavy atom. The minimum atomic E-state index is -0.173. The van der Waals surface area contributed by atoms with E-state index >= 15 is 0 Å². The highest BCUT2D eigenvalue weighted by Gasteiger charge is 2.26. The van der Waals surface area contributed by atoms with Gasteiger partial charge in [0.1, 0.15) is 5.76 Å². The Labute approximate surface area is 76.1 Å². The van der Waals surface area contributed by atoms with E-state index in [0.717, 1.165) is 18.6 Å². The number of aromatic nitrogens is 1. The summed E-state index contributed by atoms with van der Waals surface area (Å²) >= 11 is 0. The summed E-state index contributed by atoms with van der Waals surface area (Å²) in [6.07, 6.45) is 4.42. The monoisotopic (exact) mass is 182 g/mol. The Morgan fingerprint density at radius 2 is 2.23 bits per heavy atom. The van der Waals surface area contributed by atoms with Crippen LogP contribution in [-0.2, 0) is 0 Å².